The van der Waals surface area contributed by atoms with Gasteiger partial charge in [-0.25, -0.2) is 0 Å². The summed E-state index contributed by atoms with van der Waals surface area (Å²) >= 11 is 6.16. The van der Waals surface area contributed by atoms with Crippen molar-refractivity contribution in [3.05, 3.63) is 58.4 Å². The zero-order valence-corrected chi connectivity index (χ0v) is 15.5. The molecule has 0 unspecified atom stereocenters. The van der Waals surface area contributed by atoms with Crippen LogP contribution in [0.15, 0.2) is 36.5 Å². The minimum absolute atomic E-state index is 0.0861. The quantitative estimate of drug-likeness (QED) is 0.829. The van der Waals surface area contributed by atoms with Crippen LogP contribution in [0.3, 0.4) is 0 Å². The highest BCUT2D eigenvalue weighted by atomic mass is 35.5. The number of carbonyl (C=O) groups is 2. The van der Waals surface area contributed by atoms with Crippen LogP contribution >= 0.6 is 11.6 Å². The van der Waals surface area contributed by atoms with Crippen LogP contribution in [0, 0.1) is 6.92 Å². The van der Waals surface area contributed by atoms with Gasteiger partial charge in [0.25, 0.3) is 11.8 Å². The van der Waals surface area contributed by atoms with Gasteiger partial charge in [-0.15, -0.1) is 0 Å². The smallest absolute Gasteiger partial charge is 0.272 e. The Kier molecular flexibility index (Phi) is 5.42. The fraction of sp³-hybridized carbons (Fsp3) is 0.316. The van der Waals surface area contributed by atoms with E-state index < -0.39 is 0 Å². The second-order valence-corrected chi connectivity index (χ2v) is 6.51. The maximum absolute atomic E-state index is 12.8. The maximum atomic E-state index is 12.8. The lowest BCUT2D eigenvalue weighted by Gasteiger charge is -2.35. The molecule has 1 aromatic carbocycles. The summed E-state index contributed by atoms with van der Waals surface area (Å²) in [4.78, 5) is 32.8. The number of halogens is 1. The molecule has 1 fully saturated rings. The van der Waals surface area contributed by atoms with Gasteiger partial charge in [-0.1, -0.05) is 17.7 Å². The van der Waals surface area contributed by atoms with Gasteiger partial charge in [0.1, 0.15) is 11.4 Å². The normalized spacial score (nSPS) is 14.3. The van der Waals surface area contributed by atoms with Crippen molar-refractivity contribution in [2.45, 2.75) is 6.92 Å². The molecule has 0 saturated carbocycles. The lowest BCUT2D eigenvalue weighted by molar-refractivity contribution is 0.0532. The maximum Gasteiger partial charge on any atom is 0.272 e. The SMILES string of the molecule is COc1cc(C)c(C(=O)N2CCN(C(=O)c3ccccn3)CC2)cc1Cl. The predicted molar refractivity (Wildman–Crippen MR) is 98.8 cm³/mol. The van der Waals surface area contributed by atoms with Crippen molar-refractivity contribution in [2.75, 3.05) is 33.3 Å². The largest absolute Gasteiger partial charge is 0.495 e. The number of amides is 2. The molecule has 0 spiro atoms. The van der Waals surface area contributed by atoms with Gasteiger partial charge in [-0.3, -0.25) is 14.6 Å². The first-order valence-electron chi connectivity index (χ1n) is 8.35. The van der Waals surface area contributed by atoms with Gasteiger partial charge in [0.15, 0.2) is 0 Å². The molecular formula is C19H20ClN3O3. The van der Waals surface area contributed by atoms with Gasteiger partial charge in [0, 0.05) is 37.9 Å². The van der Waals surface area contributed by atoms with Crippen molar-refractivity contribution in [3.8, 4) is 5.75 Å². The Morgan fingerprint density at radius 3 is 2.31 bits per heavy atom. The van der Waals surface area contributed by atoms with Gasteiger partial charge < -0.3 is 14.5 Å². The summed E-state index contributed by atoms with van der Waals surface area (Å²) in [6.07, 6.45) is 1.60. The third kappa shape index (κ3) is 3.65. The number of carbonyl (C=O) groups excluding carboxylic acids is 2. The average molecular weight is 374 g/mol. The summed E-state index contributed by atoms with van der Waals surface area (Å²) in [5, 5.41) is 0.408. The summed E-state index contributed by atoms with van der Waals surface area (Å²) in [5.74, 6) is 0.352. The summed E-state index contributed by atoms with van der Waals surface area (Å²) in [6, 6.07) is 8.66. The first-order chi connectivity index (χ1) is 12.5. The molecule has 6 nitrogen and oxygen atoms in total. The van der Waals surface area contributed by atoms with E-state index in [0.717, 1.165) is 5.56 Å². The van der Waals surface area contributed by atoms with E-state index in [1.54, 1.807) is 53.4 Å². The molecule has 2 heterocycles. The zero-order chi connectivity index (χ0) is 18.7. The molecule has 7 heteroatoms. The van der Waals surface area contributed by atoms with Crippen LogP contribution in [0.25, 0.3) is 0 Å². The standard InChI is InChI=1S/C19H20ClN3O3/c1-13-11-17(26-2)15(20)12-14(13)18(24)22-7-9-23(10-8-22)19(25)16-5-3-4-6-21-16/h3-6,11-12H,7-10H2,1-2H3. The van der Waals surface area contributed by atoms with Crippen molar-refractivity contribution in [1.29, 1.82) is 0 Å². The van der Waals surface area contributed by atoms with E-state index in [4.69, 9.17) is 16.3 Å². The van der Waals surface area contributed by atoms with E-state index in [-0.39, 0.29) is 11.8 Å². The molecule has 0 aliphatic carbocycles. The number of methoxy groups -OCH3 is 1. The van der Waals surface area contributed by atoms with Crippen molar-refractivity contribution >= 4 is 23.4 Å². The number of hydrogen-bond acceptors (Lipinski definition) is 4. The van der Waals surface area contributed by atoms with Crippen molar-refractivity contribution in [2.24, 2.45) is 0 Å². The number of piperazine rings is 1. The predicted octanol–water partition coefficient (Wildman–Crippen LogP) is 2.65. The van der Waals surface area contributed by atoms with Gasteiger partial charge in [-0.2, -0.15) is 0 Å². The second-order valence-electron chi connectivity index (χ2n) is 6.10. The average Bonchev–Trinajstić information content (AvgIpc) is 2.69. The molecule has 2 aromatic rings. The Morgan fingerprint density at radius 1 is 1.08 bits per heavy atom. The number of rotatable bonds is 3. The summed E-state index contributed by atoms with van der Waals surface area (Å²) in [6.45, 7) is 3.75. The van der Waals surface area contributed by atoms with Gasteiger partial charge >= 0.3 is 0 Å². The van der Waals surface area contributed by atoms with Crippen LogP contribution in [0.5, 0.6) is 5.75 Å². The van der Waals surface area contributed by atoms with Crippen LogP contribution in [0.4, 0.5) is 0 Å². The number of hydrogen-bond donors (Lipinski definition) is 0. The van der Waals surface area contributed by atoms with Crippen molar-refractivity contribution in [1.82, 2.24) is 14.8 Å². The van der Waals surface area contributed by atoms with E-state index in [0.29, 0.717) is 48.2 Å². The first-order valence-corrected chi connectivity index (χ1v) is 8.72. The lowest BCUT2D eigenvalue weighted by atomic mass is 10.1. The minimum atomic E-state index is -0.110. The molecule has 1 aromatic heterocycles. The van der Waals surface area contributed by atoms with Crippen LogP contribution in [-0.2, 0) is 0 Å². The Morgan fingerprint density at radius 2 is 1.73 bits per heavy atom. The first kappa shape index (κ1) is 18.2. The van der Waals surface area contributed by atoms with Crippen molar-refractivity contribution < 1.29 is 14.3 Å². The number of aromatic nitrogens is 1. The highest BCUT2D eigenvalue weighted by Gasteiger charge is 2.27. The van der Waals surface area contributed by atoms with Crippen LogP contribution in [-0.4, -0.2) is 59.9 Å². The fourth-order valence-corrected chi connectivity index (χ4v) is 3.22. The molecule has 0 atom stereocenters. The zero-order valence-electron chi connectivity index (χ0n) is 14.7. The summed E-state index contributed by atoms with van der Waals surface area (Å²) < 4.78 is 5.18. The monoisotopic (exact) mass is 373 g/mol. The third-order valence-electron chi connectivity index (χ3n) is 4.47. The molecular weight excluding hydrogens is 354 g/mol. The molecule has 0 radical (unpaired) electrons. The van der Waals surface area contributed by atoms with Gasteiger partial charge in [-0.05, 0) is 36.8 Å². The molecule has 2 amide bonds. The fourth-order valence-electron chi connectivity index (χ4n) is 2.98. The van der Waals surface area contributed by atoms with Crippen LogP contribution in [0.2, 0.25) is 5.02 Å². The van der Waals surface area contributed by atoms with Crippen molar-refractivity contribution in [3.63, 3.8) is 0 Å². The van der Waals surface area contributed by atoms with E-state index in [1.807, 2.05) is 6.92 Å². The lowest BCUT2D eigenvalue weighted by Crippen LogP contribution is -2.50. The third-order valence-corrected chi connectivity index (χ3v) is 4.76. The second kappa shape index (κ2) is 7.74. The molecule has 26 heavy (non-hydrogen) atoms. The van der Waals surface area contributed by atoms with Gasteiger partial charge in [0.2, 0.25) is 0 Å². The van der Waals surface area contributed by atoms with E-state index >= 15 is 0 Å². The number of benzene rings is 1. The highest BCUT2D eigenvalue weighted by molar-refractivity contribution is 6.32. The van der Waals surface area contributed by atoms with E-state index in [1.165, 1.54) is 0 Å². The Balaban J connectivity index is 1.67. The number of ether oxygens (including phenoxy) is 1. The topological polar surface area (TPSA) is 62.7 Å². The number of nitrogens with zero attached hydrogens (tertiary/aromatic N) is 3. The van der Waals surface area contributed by atoms with Crippen LogP contribution < -0.4 is 4.74 Å². The molecule has 0 bridgehead atoms. The molecule has 136 valence electrons. The van der Waals surface area contributed by atoms with E-state index in [9.17, 15) is 9.59 Å². The summed E-state index contributed by atoms with van der Waals surface area (Å²) in [5.41, 5.74) is 1.79. The molecule has 1 aliphatic heterocycles. The molecule has 0 N–H and O–H groups in total. The Bertz CT molecular complexity index is 818. The van der Waals surface area contributed by atoms with E-state index in [2.05, 4.69) is 4.98 Å². The highest BCUT2D eigenvalue weighted by Crippen LogP contribution is 2.28. The number of aryl methyl sites for hydroxylation is 1. The number of pyridine rings is 1. The molecule has 3 rings (SSSR count). The molecule has 1 aliphatic rings. The Hall–Kier alpha value is -2.60. The Labute approximate surface area is 157 Å². The van der Waals surface area contributed by atoms with Crippen LogP contribution in [0.1, 0.15) is 26.4 Å². The molecule has 1 saturated heterocycles. The minimum Gasteiger partial charge on any atom is -0.495 e. The summed E-state index contributed by atoms with van der Waals surface area (Å²) in [7, 11) is 1.54. The van der Waals surface area contributed by atoms with Gasteiger partial charge in [0.05, 0.1) is 12.1 Å².